The Labute approximate surface area is 116 Å². The zero-order valence-corrected chi connectivity index (χ0v) is 11.6. The number of rotatable bonds is 3. The van der Waals surface area contributed by atoms with Gasteiger partial charge >= 0.3 is 5.97 Å². The van der Waals surface area contributed by atoms with E-state index in [4.69, 9.17) is 4.74 Å². The molecule has 1 fully saturated rings. The quantitative estimate of drug-likeness (QED) is 0.629. The first kappa shape index (κ1) is 14.8. The van der Waals surface area contributed by atoms with Crippen molar-refractivity contribution in [1.82, 2.24) is 9.88 Å². The van der Waals surface area contributed by atoms with Gasteiger partial charge in [-0.3, -0.25) is 9.69 Å². The first-order valence-electron chi connectivity index (χ1n) is 6.61. The Balaban J connectivity index is 1.99. The fourth-order valence-corrected chi connectivity index (χ4v) is 2.69. The van der Waals surface area contributed by atoms with E-state index >= 15 is 0 Å². The molecule has 2 unspecified atom stereocenters. The Hall–Kier alpha value is -1.56. The van der Waals surface area contributed by atoms with E-state index in [0.717, 1.165) is 12.3 Å². The highest BCUT2D eigenvalue weighted by molar-refractivity contribution is 5.72. The van der Waals surface area contributed by atoms with Crippen LogP contribution in [0.4, 0.5) is 8.78 Å². The van der Waals surface area contributed by atoms with E-state index in [1.165, 1.54) is 7.11 Å². The normalized spacial score (nSPS) is 23.6. The van der Waals surface area contributed by atoms with Gasteiger partial charge in [-0.15, -0.1) is 0 Å². The van der Waals surface area contributed by atoms with Gasteiger partial charge in [-0.05, 0) is 18.9 Å². The topological polar surface area (TPSA) is 42.4 Å². The number of hydrogen-bond donors (Lipinski definition) is 0. The Morgan fingerprint density at radius 3 is 2.95 bits per heavy atom. The van der Waals surface area contributed by atoms with Crippen LogP contribution in [0.25, 0.3) is 0 Å². The Kier molecular flexibility index (Phi) is 4.65. The summed E-state index contributed by atoms with van der Waals surface area (Å²) in [6.45, 7) is 3.61. The molecule has 1 aliphatic heterocycles. The monoisotopic (exact) mass is 284 g/mol. The highest BCUT2D eigenvalue weighted by Crippen LogP contribution is 2.25. The minimum Gasteiger partial charge on any atom is -0.469 e. The second-order valence-electron chi connectivity index (χ2n) is 5.23. The number of carbonyl (C=O) groups is 1. The number of likely N-dealkylation sites (tertiary alicyclic amines) is 1. The minimum atomic E-state index is -0.682. The maximum atomic E-state index is 13.6. The molecule has 2 heterocycles. The molecule has 2 atom stereocenters. The lowest BCUT2D eigenvalue weighted by Gasteiger charge is -2.35. The van der Waals surface area contributed by atoms with Crippen LogP contribution < -0.4 is 0 Å². The largest absolute Gasteiger partial charge is 0.469 e. The summed E-state index contributed by atoms with van der Waals surface area (Å²) in [5, 5.41) is 0. The van der Waals surface area contributed by atoms with Crippen molar-refractivity contribution in [3.8, 4) is 0 Å². The number of pyridine rings is 1. The van der Waals surface area contributed by atoms with Gasteiger partial charge in [0.15, 0.2) is 0 Å². The lowest BCUT2D eigenvalue weighted by molar-refractivity contribution is -0.149. The Bertz CT molecular complexity index is 496. The number of carbonyl (C=O) groups excluding carboxylic acids is 1. The van der Waals surface area contributed by atoms with Crippen molar-refractivity contribution in [1.29, 1.82) is 0 Å². The third-order valence-electron chi connectivity index (χ3n) is 3.79. The van der Waals surface area contributed by atoms with E-state index in [2.05, 4.69) is 4.98 Å². The molecule has 1 aromatic heterocycles. The van der Waals surface area contributed by atoms with Gasteiger partial charge in [-0.25, -0.2) is 9.37 Å². The molecule has 0 radical (unpaired) electrons. The van der Waals surface area contributed by atoms with Gasteiger partial charge < -0.3 is 4.74 Å². The van der Waals surface area contributed by atoms with Gasteiger partial charge in [0.1, 0.15) is 5.82 Å². The molecule has 2 rings (SSSR count). The summed E-state index contributed by atoms with van der Waals surface area (Å²) in [5.41, 5.74) is 0.293. The zero-order valence-electron chi connectivity index (χ0n) is 11.6. The van der Waals surface area contributed by atoms with Crippen LogP contribution in [0.5, 0.6) is 0 Å². The average molecular weight is 284 g/mol. The molecule has 0 amide bonds. The van der Waals surface area contributed by atoms with Crippen molar-refractivity contribution < 1.29 is 18.3 Å². The number of piperidine rings is 1. The summed E-state index contributed by atoms with van der Waals surface area (Å²) >= 11 is 0. The standard InChI is InChI=1S/C14H18F2N2O2/c1-9-7-18(4-3-11(9)14(19)20-2)8-10-5-13(16)17-6-12(10)15/h5-6,9,11H,3-4,7-8H2,1-2H3. The van der Waals surface area contributed by atoms with E-state index < -0.39 is 11.8 Å². The summed E-state index contributed by atoms with van der Waals surface area (Å²) in [6.07, 6.45) is 1.57. The van der Waals surface area contributed by atoms with Crippen molar-refractivity contribution >= 4 is 5.97 Å². The molecule has 1 saturated heterocycles. The van der Waals surface area contributed by atoms with Crippen LogP contribution in [0, 0.1) is 23.6 Å². The number of ether oxygens (including phenoxy) is 1. The number of aromatic nitrogens is 1. The Morgan fingerprint density at radius 1 is 1.55 bits per heavy atom. The lowest BCUT2D eigenvalue weighted by Crippen LogP contribution is -2.42. The van der Waals surface area contributed by atoms with Crippen molar-refractivity contribution in [2.24, 2.45) is 11.8 Å². The van der Waals surface area contributed by atoms with Gasteiger partial charge in [0, 0.05) is 24.7 Å². The molecule has 0 aliphatic carbocycles. The van der Waals surface area contributed by atoms with Crippen LogP contribution in [0.2, 0.25) is 0 Å². The molecule has 0 spiro atoms. The predicted octanol–water partition coefficient (Wildman–Crippen LogP) is 1.99. The molecule has 6 heteroatoms. The highest BCUT2D eigenvalue weighted by atomic mass is 19.1. The minimum absolute atomic E-state index is 0.115. The fraction of sp³-hybridized carbons (Fsp3) is 0.571. The molecule has 0 saturated carbocycles. The third-order valence-corrected chi connectivity index (χ3v) is 3.79. The molecule has 0 N–H and O–H groups in total. The second kappa shape index (κ2) is 6.26. The number of methoxy groups -OCH3 is 1. The molecule has 20 heavy (non-hydrogen) atoms. The summed E-state index contributed by atoms with van der Waals surface area (Å²) in [5.74, 6) is -1.37. The van der Waals surface area contributed by atoms with E-state index in [-0.39, 0.29) is 17.8 Å². The van der Waals surface area contributed by atoms with Crippen LogP contribution in [0.1, 0.15) is 18.9 Å². The summed E-state index contributed by atoms with van der Waals surface area (Å²) < 4.78 is 31.4. The highest BCUT2D eigenvalue weighted by Gasteiger charge is 2.32. The molecule has 0 aromatic carbocycles. The molecule has 0 bridgehead atoms. The average Bonchev–Trinajstić information content (AvgIpc) is 2.42. The summed E-state index contributed by atoms with van der Waals surface area (Å²) in [7, 11) is 1.39. The third kappa shape index (κ3) is 3.30. The molecule has 110 valence electrons. The van der Waals surface area contributed by atoms with Gasteiger partial charge in [0.2, 0.25) is 5.95 Å². The van der Waals surface area contributed by atoms with E-state index in [1.54, 1.807) is 0 Å². The van der Waals surface area contributed by atoms with Gasteiger partial charge in [0.05, 0.1) is 19.2 Å². The van der Waals surface area contributed by atoms with Crippen molar-refractivity contribution in [3.05, 3.63) is 29.6 Å². The lowest BCUT2D eigenvalue weighted by atomic mass is 9.87. The van der Waals surface area contributed by atoms with Gasteiger partial charge in [0.25, 0.3) is 0 Å². The first-order valence-corrected chi connectivity index (χ1v) is 6.61. The van der Waals surface area contributed by atoms with Gasteiger partial charge in [-0.2, -0.15) is 4.39 Å². The Morgan fingerprint density at radius 2 is 2.30 bits per heavy atom. The van der Waals surface area contributed by atoms with E-state index in [0.29, 0.717) is 31.6 Å². The smallest absolute Gasteiger partial charge is 0.309 e. The van der Waals surface area contributed by atoms with Crippen LogP contribution in [-0.2, 0) is 16.1 Å². The predicted molar refractivity (Wildman–Crippen MR) is 68.7 cm³/mol. The summed E-state index contributed by atoms with van der Waals surface area (Å²) in [4.78, 5) is 16.9. The fourth-order valence-electron chi connectivity index (χ4n) is 2.69. The molecule has 1 aromatic rings. The number of hydrogen-bond acceptors (Lipinski definition) is 4. The summed E-state index contributed by atoms with van der Waals surface area (Å²) in [6, 6.07) is 1.12. The molecule has 4 nitrogen and oxygen atoms in total. The van der Waals surface area contributed by atoms with Crippen LogP contribution >= 0.6 is 0 Å². The molecule has 1 aliphatic rings. The van der Waals surface area contributed by atoms with Crippen molar-refractivity contribution in [3.63, 3.8) is 0 Å². The van der Waals surface area contributed by atoms with Crippen molar-refractivity contribution in [2.75, 3.05) is 20.2 Å². The first-order chi connectivity index (χ1) is 9.51. The zero-order chi connectivity index (χ0) is 14.7. The van der Waals surface area contributed by atoms with Crippen LogP contribution in [0.3, 0.4) is 0 Å². The van der Waals surface area contributed by atoms with Crippen LogP contribution in [-0.4, -0.2) is 36.1 Å². The van der Waals surface area contributed by atoms with Crippen molar-refractivity contribution in [2.45, 2.75) is 19.9 Å². The number of halogens is 2. The molecular weight excluding hydrogens is 266 g/mol. The van der Waals surface area contributed by atoms with E-state index in [1.807, 2.05) is 11.8 Å². The van der Waals surface area contributed by atoms with Gasteiger partial charge in [-0.1, -0.05) is 6.92 Å². The maximum absolute atomic E-state index is 13.6. The van der Waals surface area contributed by atoms with Crippen LogP contribution in [0.15, 0.2) is 12.3 Å². The second-order valence-corrected chi connectivity index (χ2v) is 5.23. The molecular formula is C14H18F2N2O2. The SMILES string of the molecule is COC(=O)C1CCN(Cc2cc(F)ncc2F)CC1C. The number of esters is 1. The number of nitrogens with zero attached hydrogens (tertiary/aromatic N) is 2. The maximum Gasteiger partial charge on any atom is 0.309 e. The van der Waals surface area contributed by atoms with E-state index in [9.17, 15) is 13.6 Å².